The number of benzene rings is 1. The Hall–Kier alpha value is -2.08. The normalized spacial score (nSPS) is 16.8. The highest BCUT2D eigenvalue weighted by molar-refractivity contribution is 7.99. The molecule has 5 nitrogen and oxygen atoms in total. The predicted molar refractivity (Wildman–Crippen MR) is 92.0 cm³/mol. The fourth-order valence-electron chi connectivity index (χ4n) is 2.83. The number of aromatic nitrogens is 2. The fourth-order valence-corrected chi connectivity index (χ4v) is 3.65. The Bertz CT molecular complexity index is 786. The molecule has 0 unspecified atom stereocenters. The van der Waals surface area contributed by atoms with E-state index in [4.69, 9.17) is 0 Å². The zero-order chi connectivity index (χ0) is 16.4. The van der Waals surface area contributed by atoms with E-state index in [0.717, 1.165) is 17.7 Å². The summed E-state index contributed by atoms with van der Waals surface area (Å²) >= 11 is 1.53. The minimum Gasteiger partial charge on any atom is -0.312 e. The van der Waals surface area contributed by atoms with Crippen molar-refractivity contribution in [3.8, 4) is 0 Å². The Kier molecular flexibility index (Phi) is 4.52. The third kappa shape index (κ3) is 3.03. The monoisotopic (exact) mass is 329 g/mol. The maximum Gasteiger partial charge on any atom is 0.279 e. The summed E-state index contributed by atoms with van der Waals surface area (Å²) in [5.41, 5.74) is 1.31. The highest BCUT2D eigenvalue weighted by Gasteiger charge is 2.31. The van der Waals surface area contributed by atoms with Crippen molar-refractivity contribution in [3.63, 3.8) is 0 Å². The van der Waals surface area contributed by atoms with E-state index in [9.17, 15) is 9.59 Å². The van der Waals surface area contributed by atoms with E-state index in [1.165, 1.54) is 11.8 Å². The molecule has 1 atom stereocenters. The van der Waals surface area contributed by atoms with Gasteiger partial charge in [-0.15, -0.1) is 0 Å². The molecule has 1 aliphatic heterocycles. The number of hydrogen-bond donors (Lipinski definition) is 1. The molecule has 3 rings (SSSR count). The van der Waals surface area contributed by atoms with Gasteiger partial charge in [-0.25, -0.2) is 0 Å². The van der Waals surface area contributed by atoms with Crippen LogP contribution in [0.15, 0.2) is 40.3 Å². The van der Waals surface area contributed by atoms with Crippen LogP contribution in [-0.2, 0) is 11.8 Å². The molecule has 0 saturated carbocycles. The van der Waals surface area contributed by atoms with Crippen LogP contribution in [0, 0.1) is 0 Å². The van der Waals surface area contributed by atoms with E-state index in [2.05, 4.69) is 17.2 Å². The van der Waals surface area contributed by atoms with Gasteiger partial charge in [-0.3, -0.25) is 9.59 Å². The van der Waals surface area contributed by atoms with Crippen molar-refractivity contribution in [2.45, 2.75) is 30.8 Å². The van der Waals surface area contributed by atoms with E-state index in [1.807, 2.05) is 41.9 Å². The summed E-state index contributed by atoms with van der Waals surface area (Å²) in [6.07, 6.45) is 1.27. The molecule has 0 radical (unpaired) electrons. The number of thioether (sulfide) groups is 1. The van der Waals surface area contributed by atoms with E-state index in [-0.39, 0.29) is 23.8 Å². The van der Waals surface area contributed by atoms with Gasteiger partial charge in [0.05, 0.1) is 5.56 Å². The van der Waals surface area contributed by atoms with Crippen LogP contribution in [0.4, 0.5) is 5.82 Å². The van der Waals surface area contributed by atoms with E-state index in [0.29, 0.717) is 16.5 Å². The van der Waals surface area contributed by atoms with Gasteiger partial charge in [0.15, 0.2) is 5.16 Å². The van der Waals surface area contributed by atoms with Crippen LogP contribution in [-0.4, -0.2) is 21.2 Å². The molecule has 0 spiro atoms. The summed E-state index contributed by atoms with van der Waals surface area (Å²) in [4.78, 5) is 29.0. The lowest BCUT2D eigenvalue weighted by molar-refractivity contribution is -0.116. The Labute approximate surface area is 139 Å². The average molecular weight is 329 g/mol. The first-order chi connectivity index (χ1) is 11.1. The summed E-state index contributed by atoms with van der Waals surface area (Å²) in [7, 11) is 1.84. The number of anilines is 1. The highest BCUT2D eigenvalue weighted by Crippen LogP contribution is 2.35. The number of carbonyl (C=O) groups is 1. The zero-order valence-corrected chi connectivity index (χ0v) is 14.0. The number of rotatable bonds is 4. The second-order valence-electron chi connectivity index (χ2n) is 5.58. The molecule has 0 bridgehead atoms. The van der Waals surface area contributed by atoms with Gasteiger partial charge >= 0.3 is 0 Å². The lowest BCUT2D eigenvalue weighted by Gasteiger charge is -2.27. The zero-order valence-electron chi connectivity index (χ0n) is 13.2. The van der Waals surface area contributed by atoms with Gasteiger partial charge in [-0.05, 0) is 12.0 Å². The molecule has 1 N–H and O–H groups in total. The van der Waals surface area contributed by atoms with Gasteiger partial charge < -0.3 is 9.88 Å². The Morgan fingerprint density at radius 2 is 2.04 bits per heavy atom. The van der Waals surface area contributed by atoms with Crippen LogP contribution in [0.3, 0.4) is 0 Å². The minimum atomic E-state index is -0.245. The molecule has 1 aromatic carbocycles. The SMILES string of the molecule is CCCSc1nc(=O)c2c(n1C)NC(=O)C[C@H]2c1ccccc1. The van der Waals surface area contributed by atoms with Crippen LogP contribution in [0.2, 0.25) is 0 Å². The van der Waals surface area contributed by atoms with Crippen LogP contribution in [0.1, 0.15) is 36.8 Å². The average Bonchev–Trinajstić information content (AvgIpc) is 2.56. The maximum atomic E-state index is 12.6. The number of amides is 1. The number of nitrogens with zero attached hydrogens (tertiary/aromatic N) is 2. The first-order valence-corrected chi connectivity index (χ1v) is 8.69. The Balaban J connectivity index is 2.13. The lowest BCUT2D eigenvalue weighted by atomic mass is 9.87. The smallest absolute Gasteiger partial charge is 0.279 e. The molecule has 0 saturated heterocycles. The lowest BCUT2D eigenvalue weighted by Crippen LogP contribution is -2.33. The number of fused-ring (bicyclic) bond motifs is 1. The molecule has 2 heterocycles. The number of hydrogen-bond acceptors (Lipinski definition) is 4. The third-order valence-corrected chi connectivity index (χ3v) is 5.17. The van der Waals surface area contributed by atoms with Crippen LogP contribution < -0.4 is 10.9 Å². The molecule has 2 aromatic rings. The minimum absolute atomic E-state index is 0.0704. The summed E-state index contributed by atoms with van der Waals surface area (Å²) in [6, 6.07) is 9.67. The van der Waals surface area contributed by atoms with Gasteiger partial charge in [0.25, 0.3) is 5.56 Å². The highest BCUT2D eigenvalue weighted by atomic mass is 32.2. The van der Waals surface area contributed by atoms with Gasteiger partial charge in [0, 0.05) is 25.1 Å². The molecular formula is C17H19N3O2S. The summed E-state index contributed by atoms with van der Waals surface area (Å²) < 4.78 is 1.82. The molecule has 1 aliphatic rings. The summed E-state index contributed by atoms with van der Waals surface area (Å²) in [6.45, 7) is 2.08. The van der Waals surface area contributed by atoms with Crippen molar-refractivity contribution in [1.82, 2.24) is 9.55 Å². The van der Waals surface area contributed by atoms with Crippen molar-refractivity contribution >= 4 is 23.5 Å². The number of nitrogens with one attached hydrogen (secondary N) is 1. The van der Waals surface area contributed by atoms with Crippen molar-refractivity contribution in [3.05, 3.63) is 51.8 Å². The van der Waals surface area contributed by atoms with Crippen LogP contribution in [0.5, 0.6) is 0 Å². The molecule has 120 valence electrons. The van der Waals surface area contributed by atoms with Crippen LogP contribution in [0.25, 0.3) is 0 Å². The largest absolute Gasteiger partial charge is 0.312 e. The van der Waals surface area contributed by atoms with Crippen molar-refractivity contribution in [2.24, 2.45) is 7.05 Å². The molecule has 6 heteroatoms. The van der Waals surface area contributed by atoms with Gasteiger partial charge in [-0.2, -0.15) is 4.98 Å². The van der Waals surface area contributed by atoms with E-state index >= 15 is 0 Å². The summed E-state index contributed by atoms with van der Waals surface area (Å²) in [5, 5.41) is 3.50. The van der Waals surface area contributed by atoms with Crippen molar-refractivity contribution < 1.29 is 4.79 Å². The fraction of sp³-hybridized carbons (Fsp3) is 0.353. The Morgan fingerprint density at radius 3 is 2.74 bits per heavy atom. The third-order valence-electron chi connectivity index (χ3n) is 3.94. The van der Waals surface area contributed by atoms with Crippen LogP contribution >= 0.6 is 11.8 Å². The Morgan fingerprint density at radius 1 is 1.30 bits per heavy atom. The molecular weight excluding hydrogens is 310 g/mol. The predicted octanol–water partition coefficient (Wildman–Crippen LogP) is 2.76. The molecule has 1 aromatic heterocycles. The first-order valence-electron chi connectivity index (χ1n) is 7.70. The first kappa shape index (κ1) is 15.8. The standard InChI is InChI=1S/C17H19N3O2S/c1-3-9-23-17-19-16(22)14-12(11-7-5-4-6-8-11)10-13(21)18-15(14)20(17)2/h4-8,12H,3,9-10H2,1-2H3,(H,18,21)/t12-/m0/s1. The number of carbonyl (C=O) groups excluding carboxylic acids is 1. The molecule has 23 heavy (non-hydrogen) atoms. The summed E-state index contributed by atoms with van der Waals surface area (Å²) in [5.74, 6) is 1.15. The second kappa shape index (κ2) is 6.58. The van der Waals surface area contributed by atoms with Gasteiger partial charge in [0.2, 0.25) is 5.91 Å². The van der Waals surface area contributed by atoms with Gasteiger partial charge in [-0.1, -0.05) is 49.0 Å². The van der Waals surface area contributed by atoms with Crippen molar-refractivity contribution in [2.75, 3.05) is 11.1 Å². The van der Waals surface area contributed by atoms with E-state index < -0.39 is 0 Å². The molecule has 1 amide bonds. The van der Waals surface area contributed by atoms with Gasteiger partial charge in [0.1, 0.15) is 5.82 Å². The topological polar surface area (TPSA) is 64.0 Å². The molecule has 0 aliphatic carbocycles. The quantitative estimate of drug-likeness (QED) is 0.692. The van der Waals surface area contributed by atoms with E-state index in [1.54, 1.807) is 0 Å². The van der Waals surface area contributed by atoms with Crippen molar-refractivity contribution in [1.29, 1.82) is 0 Å². The second-order valence-corrected chi connectivity index (χ2v) is 6.65. The maximum absolute atomic E-state index is 12.6. The molecule has 0 fully saturated rings.